The summed E-state index contributed by atoms with van der Waals surface area (Å²) in [7, 11) is 0. The zero-order valence-electron chi connectivity index (χ0n) is 10.5. The van der Waals surface area contributed by atoms with Gasteiger partial charge in [0.25, 0.3) is 0 Å². The van der Waals surface area contributed by atoms with Gasteiger partial charge in [0.1, 0.15) is 0 Å². The van der Waals surface area contributed by atoms with Crippen LogP contribution in [0.15, 0.2) is 12.1 Å². The minimum Gasteiger partial charge on any atom is -0.478 e. The minimum absolute atomic E-state index is 0.0388. The summed E-state index contributed by atoms with van der Waals surface area (Å²) in [5.41, 5.74) is 0.151. The Morgan fingerprint density at radius 3 is 2.21 bits per heavy atom. The van der Waals surface area contributed by atoms with Crippen LogP contribution in [0, 0.1) is 5.92 Å². The highest BCUT2D eigenvalue weighted by molar-refractivity contribution is 6.40. The smallest absolute Gasteiger partial charge is 0.335 e. The molecule has 3 N–H and O–H groups in total. The molecule has 0 aliphatic heterocycles. The molecule has 2 amide bonds. The van der Waals surface area contributed by atoms with Crippen molar-refractivity contribution in [3.05, 3.63) is 27.7 Å². The van der Waals surface area contributed by atoms with Gasteiger partial charge < -0.3 is 15.7 Å². The van der Waals surface area contributed by atoms with E-state index >= 15 is 0 Å². The molecule has 0 atom stereocenters. The zero-order chi connectivity index (χ0) is 14.6. The summed E-state index contributed by atoms with van der Waals surface area (Å²) in [6, 6.07) is 2.02. The highest BCUT2D eigenvalue weighted by Crippen LogP contribution is 2.31. The maximum atomic E-state index is 11.6. The number of nitrogens with one attached hydrogen (secondary N) is 2. The molecule has 0 saturated carbocycles. The van der Waals surface area contributed by atoms with Crippen molar-refractivity contribution >= 4 is 40.9 Å². The lowest BCUT2D eigenvalue weighted by Gasteiger charge is -2.12. The van der Waals surface area contributed by atoms with Crippen molar-refractivity contribution in [3.8, 4) is 0 Å². The van der Waals surface area contributed by atoms with E-state index in [0.29, 0.717) is 12.5 Å². The first-order valence-corrected chi connectivity index (χ1v) is 6.34. The second kappa shape index (κ2) is 6.63. The number of carbonyl (C=O) groups is 2. The summed E-state index contributed by atoms with van der Waals surface area (Å²) in [4.78, 5) is 22.4. The second-order valence-electron chi connectivity index (χ2n) is 4.35. The van der Waals surface area contributed by atoms with Crippen LogP contribution < -0.4 is 10.6 Å². The first-order valence-electron chi connectivity index (χ1n) is 5.58. The number of benzene rings is 1. The molecule has 0 aromatic heterocycles. The van der Waals surface area contributed by atoms with Gasteiger partial charge in [0.15, 0.2) is 0 Å². The Morgan fingerprint density at radius 1 is 1.26 bits per heavy atom. The summed E-state index contributed by atoms with van der Waals surface area (Å²) in [6.07, 6.45) is 0. The number of urea groups is 1. The summed E-state index contributed by atoms with van der Waals surface area (Å²) >= 11 is 11.8. The number of hydrogen-bond acceptors (Lipinski definition) is 2. The molecule has 0 radical (unpaired) electrons. The molecule has 0 spiro atoms. The Kier molecular flexibility index (Phi) is 5.44. The number of hydrogen-bond donors (Lipinski definition) is 3. The average molecular weight is 305 g/mol. The third kappa shape index (κ3) is 4.61. The van der Waals surface area contributed by atoms with Crippen molar-refractivity contribution < 1.29 is 14.7 Å². The monoisotopic (exact) mass is 304 g/mol. The van der Waals surface area contributed by atoms with Crippen LogP contribution in [0.1, 0.15) is 24.2 Å². The fourth-order valence-corrected chi connectivity index (χ4v) is 1.85. The maximum absolute atomic E-state index is 11.6. The number of anilines is 1. The molecule has 0 unspecified atom stereocenters. The summed E-state index contributed by atoms with van der Waals surface area (Å²) in [6.45, 7) is 4.43. The molecule has 1 aromatic carbocycles. The molecule has 0 heterocycles. The fourth-order valence-electron chi connectivity index (χ4n) is 1.27. The molecule has 7 heteroatoms. The molecule has 5 nitrogen and oxygen atoms in total. The van der Waals surface area contributed by atoms with Crippen LogP contribution in [-0.4, -0.2) is 23.7 Å². The van der Waals surface area contributed by atoms with E-state index in [0.717, 1.165) is 0 Å². The molecule has 104 valence electrons. The quantitative estimate of drug-likeness (QED) is 0.797. The molecule has 19 heavy (non-hydrogen) atoms. The Balaban J connectivity index is 2.84. The molecule has 0 saturated heterocycles. The van der Waals surface area contributed by atoms with Crippen LogP contribution in [0.3, 0.4) is 0 Å². The lowest BCUT2D eigenvalue weighted by molar-refractivity contribution is 0.0697. The van der Waals surface area contributed by atoms with E-state index in [1.807, 2.05) is 13.8 Å². The van der Waals surface area contributed by atoms with Crippen molar-refractivity contribution in [1.29, 1.82) is 0 Å². The van der Waals surface area contributed by atoms with E-state index in [1.165, 1.54) is 12.1 Å². The number of rotatable bonds is 4. The number of amides is 2. The minimum atomic E-state index is -1.14. The normalized spacial score (nSPS) is 10.4. The molecular weight excluding hydrogens is 291 g/mol. The standard InChI is InChI=1S/C12H14Cl2N2O3/c1-6(2)5-15-12(19)16-10-8(13)3-7(11(17)18)4-9(10)14/h3-4,6H,5H2,1-2H3,(H,17,18)(H2,15,16,19). The number of halogens is 2. The Labute approximate surface area is 120 Å². The SMILES string of the molecule is CC(C)CNC(=O)Nc1c(Cl)cc(C(=O)O)cc1Cl. The Hall–Kier alpha value is -1.46. The van der Waals surface area contributed by atoms with Gasteiger partial charge in [0.05, 0.1) is 21.3 Å². The van der Waals surface area contributed by atoms with E-state index in [9.17, 15) is 9.59 Å². The lowest BCUT2D eigenvalue weighted by atomic mass is 10.2. The third-order valence-electron chi connectivity index (χ3n) is 2.20. The van der Waals surface area contributed by atoms with Gasteiger partial charge in [-0.15, -0.1) is 0 Å². The molecule has 0 fully saturated rings. The molecule has 0 aliphatic carbocycles. The van der Waals surface area contributed by atoms with Gasteiger partial charge in [-0.2, -0.15) is 0 Å². The molecule has 1 rings (SSSR count). The van der Waals surface area contributed by atoms with Crippen molar-refractivity contribution in [2.24, 2.45) is 5.92 Å². The average Bonchev–Trinajstić information content (AvgIpc) is 2.30. The van der Waals surface area contributed by atoms with Gasteiger partial charge in [-0.1, -0.05) is 37.0 Å². The topological polar surface area (TPSA) is 78.4 Å². The molecule has 0 bridgehead atoms. The van der Waals surface area contributed by atoms with E-state index in [1.54, 1.807) is 0 Å². The van der Waals surface area contributed by atoms with Crippen LogP contribution in [0.25, 0.3) is 0 Å². The van der Waals surface area contributed by atoms with Crippen molar-refractivity contribution in [1.82, 2.24) is 5.32 Å². The number of aromatic carboxylic acids is 1. The third-order valence-corrected chi connectivity index (χ3v) is 2.79. The highest BCUT2D eigenvalue weighted by atomic mass is 35.5. The summed E-state index contributed by atoms with van der Waals surface area (Å²) < 4.78 is 0. The van der Waals surface area contributed by atoms with Crippen molar-refractivity contribution in [3.63, 3.8) is 0 Å². The van der Waals surface area contributed by atoms with Gasteiger partial charge in [0, 0.05) is 6.54 Å². The van der Waals surface area contributed by atoms with Crippen LogP contribution in [0.2, 0.25) is 10.0 Å². The van der Waals surface area contributed by atoms with Crippen molar-refractivity contribution in [2.45, 2.75) is 13.8 Å². The highest BCUT2D eigenvalue weighted by Gasteiger charge is 2.14. The Bertz CT molecular complexity index is 481. The van der Waals surface area contributed by atoms with Crippen LogP contribution in [0.4, 0.5) is 10.5 Å². The zero-order valence-corrected chi connectivity index (χ0v) is 12.0. The molecular formula is C12H14Cl2N2O3. The van der Waals surface area contributed by atoms with Gasteiger partial charge >= 0.3 is 12.0 Å². The summed E-state index contributed by atoms with van der Waals surface area (Å²) in [5.74, 6) is -0.828. The van der Waals surface area contributed by atoms with Crippen LogP contribution in [0.5, 0.6) is 0 Å². The van der Waals surface area contributed by atoms with Gasteiger partial charge in [-0.05, 0) is 18.1 Å². The first kappa shape index (κ1) is 15.6. The van der Waals surface area contributed by atoms with Gasteiger partial charge in [-0.25, -0.2) is 9.59 Å². The fraction of sp³-hybridized carbons (Fsp3) is 0.333. The predicted octanol–water partition coefficient (Wildman–Crippen LogP) is 3.47. The van der Waals surface area contributed by atoms with E-state index in [2.05, 4.69) is 10.6 Å². The lowest BCUT2D eigenvalue weighted by Crippen LogP contribution is -2.31. The Morgan fingerprint density at radius 2 is 1.79 bits per heavy atom. The predicted molar refractivity (Wildman–Crippen MR) is 75.3 cm³/mol. The van der Waals surface area contributed by atoms with E-state index in [-0.39, 0.29) is 21.3 Å². The number of carbonyl (C=O) groups excluding carboxylic acids is 1. The number of carboxylic acids is 1. The van der Waals surface area contributed by atoms with Gasteiger partial charge in [0.2, 0.25) is 0 Å². The van der Waals surface area contributed by atoms with Crippen LogP contribution >= 0.6 is 23.2 Å². The number of carboxylic acid groups (broad SMARTS) is 1. The van der Waals surface area contributed by atoms with Crippen LogP contribution in [-0.2, 0) is 0 Å². The largest absolute Gasteiger partial charge is 0.478 e. The van der Waals surface area contributed by atoms with E-state index < -0.39 is 12.0 Å². The van der Waals surface area contributed by atoms with E-state index in [4.69, 9.17) is 28.3 Å². The van der Waals surface area contributed by atoms with Gasteiger partial charge in [-0.3, -0.25) is 0 Å². The first-order chi connectivity index (χ1) is 8.81. The molecule has 0 aliphatic rings. The maximum Gasteiger partial charge on any atom is 0.335 e. The molecule has 1 aromatic rings. The summed E-state index contributed by atoms with van der Waals surface area (Å²) in [5, 5.41) is 14.1. The van der Waals surface area contributed by atoms with Crippen molar-refractivity contribution in [2.75, 3.05) is 11.9 Å². The second-order valence-corrected chi connectivity index (χ2v) is 5.16.